The number of hydrogen-bond acceptors (Lipinski definition) is 5. The zero-order valence-electron chi connectivity index (χ0n) is 7.69. The molecule has 5 heteroatoms. The average molecular weight is 200 g/mol. The Morgan fingerprint density at radius 1 is 1.77 bits per heavy atom. The van der Waals surface area contributed by atoms with Gasteiger partial charge in [0.1, 0.15) is 0 Å². The van der Waals surface area contributed by atoms with Gasteiger partial charge < -0.3 is 4.74 Å². The number of thiazole rings is 1. The van der Waals surface area contributed by atoms with Crippen molar-refractivity contribution in [2.45, 2.75) is 6.54 Å². The van der Waals surface area contributed by atoms with E-state index in [4.69, 9.17) is 0 Å². The lowest BCUT2D eigenvalue weighted by atomic mass is 10.4. The fraction of sp³-hybridized carbons (Fsp3) is 0.500. The highest BCUT2D eigenvalue weighted by molar-refractivity contribution is 7.07. The molecule has 0 saturated carbocycles. The van der Waals surface area contributed by atoms with Crippen molar-refractivity contribution in [3.63, 3.8) is 0 Å². The minimum atomic E-state index is -0.224. The molecule has 0 aromatic carbocycles. The average Bonchev–Trinajstić information content (AvgIpc) is 2.56. The zero-order chi connectivity index (χ0) is 9.68. The van der Waals surface area contributed by atoms with Gasteiger partial charge in [-0.25, -0.2) is 4.98 Å². The molecular formula is C8H12N2O2S. The van der Waals surface area contributed by atoms with E-state index in [1.807, 2.05) is 17.3 Å². The normalized spacial score (nSPS) is 10.4. The van der Waals surface area contributed by atoms with Crippen LogP contribution in [0.5, 0.6) is 0 Å². The number of ether oxygens (including phenoxy) is 1. The standard InChI is InChI=1S/C8H12N2O2S/c1-10(4-8(11)12-2)3-7-5-13-6-9-7/h5-6H,3-4H2,1-2H3. The molecule has 0 bridgehead atoms. The van der Waals surface area contributed by atoms with Crippen LogP contribution in [-0.4, -0.2) is 36.6 Å². The van der Waals surface area contributed by atoms with Crippen LogP contribution in [0.2, 0.25) is 0 Å². The van der Waals surface area contributed by atoms with Gasteiger partial charge in [-0.15, -0.1) is 11.3 Å². The molecular weight excluding hydrogens is 188 g/mol. The molecule has 0 aliphatic rings. The molecule has 1 heterocycles. The maximum atomic E-state index is 10.9. The second-order valence-corrected chi connectivity index (χ2v) is 3.45. The van der Waals surface area contributed by atoms with Crippen LogP contribution < -0.4 is 0 Å². The van der Waals surface area contributed by atoms with Crippen molar-refractivity contribution in [2.24, 2.45) is 0 Å². The van der Waals surface area contributed by atoms with E-state index in [2.05, 4.69) is 9.72 Å². The summed E-state index contributed by atoms with van der Waals surface area (Å²) in [6, 6.07) is 0. The van der Waals surface area contributed by atoms with Crippen LogP contribution in [0.25, 0.3) is 0 Å². The number of rotatable bonds is 4. The van der Waals surface area contributed by atoms with Crippen molar-refractivity contribution >= 4 is 17.3 Å². The number of carbonyl (C=O) groups is 1. The summed E-state index contributed by atoms with van der Waals surface area (Å²) in [4.78, 5) is 16.8. The number of hydrogen-bond donors (Lipinski definition) is 0. The quantitative estimate of drug-likeness (QED) is 0.673. The fourth-order valence-electron chi connectivity index (χ4n) is 0.933. The van der Waals surface area contributed by atoms with Crippen molar-refractivity contribution in [2.75, 3.05) is 20.7 Å². The third-order valence-electron chi connectivity index (χ3n) is 1.54. The van der Waals surface area contributed by atoms with E-state index in [9.17, 15) is 4.79 Å². The van der Waals surface area contributed by atoms with Crippen molar-refractivity contribution < 1.29 is 9.53 Å². The van der Waals surface area contributed by atoms with Gasteiger partial charge in [0.15, 0.2) is 0 Å². The van der Waals surface area contributed by atoms with Crippen LogP contribution in [0.4, 0.5) is 0 Å². The van der Waals surface area contributed by atoms with Crippen molar-refractivity contribution in [1.82, 2.24) is 9.88 Å². The summed E-state index contributed by atoms with van der Waals surface area (Å²) < 4.78 is 4.54. The molecule has 1 rings (SSSR count). The second kappa shape index (κ2) is 4.94. The largest absolute Gasteiger partial charge is 0.468 e. The number of carbonyl (C=O) groups excluding carboxylic acids is 1. The summed E-state index contributed by atoms with van der Waals surface area (Å²) in [7, 11) is 3.25. The summed E-state index contributed by atoms with van der Waals surface area (Å²) >= 11 is 1.55. The molecule has 0 fully saturated rings. The Labute approximate surface area is 81.2 Å². The fourth-order valence-corrected chi connectivity index (χ4v) is 1.48. The molecule has 0 aliphatic carbocycles. The number of esters is 1. The van der Waals surface area contributed by atoms with E-state index in [1.54, 1.807) is 16.8 Å². The van der Waals surface area contributed by atoms with Gasteiger partial charge >= 0.3 is 5.97 Å². The van der Waals surface area contributed by atoms with Gasteiger partial charge in [0.2, 0.25) is 0 Å². The maximum absolute atomic E-state index is 10.9. The van der Waals surface area contributed by atoms with E-state index in [0.29, 0.717) is 13.1 Å². The number of nitrogens with zero attached hydrogens (tertiary/aromatic N) is 2. The molecule has 0 saturated heterocycles. The first-order chi connectivity index (χ1) is 6.22. The predicted octanol–water partition coefficient (Wildman–Crippen LogP) is 0.748. The van der Waals surface area contributed by atoms with Gasteiger partial charge in [0.05, 0.1) is 24.9 Å². The van der Waals surface area contributed by atoms with E-state index in [1.165, 1.54) is 7.11 Å². The van der Waals surface area contributed by atoms with Crippen LogP contribution in [0.3, 0.4) is 0 Å². The Morgan fingerprint density at radius 2 is 2.54 bits per heavy atom. The first-order valence-electron chi connectivity index (χ1n) is 3.85. The smallest absolute Gasteiger partial charge is 0.319 e. The van der Waals surface area contributed by atoms with E-state index < -0.39 is 0 Å². The van der Waals surface area contributed by atoms with Crippen molar-refractivity contribution in [3.05, 3.63) is 16.6 Å². The van der Waals surface area contributed by atoms with E-state index in [0.717, 1.165) is 5.69 Å². The third-order valence-corrected chi connectivity index (χ3v) is 2.18. The minimum absolute atomic E-state index is 0.224. The van der Waals surface area contributed by atoms with Crippen LogP contribution in [0.1, 0.15) is 5.69 Å². The summed E-state index contributed by atoms with van der Waals surface area (Å²) in [6.07, 6.45) is 0. The van der Waals surface area contributed by atoms with Gasteiger partial charge in [-0.2, -0.15) is 0 Å². The molecule has 0 radical (unpaired) electrons. The highest BCUT2D eigenvalue weighted by atomic mass is 32.1. The van der Waals surface area contributed by atoms with E-state index in [-0.39, 0.29) is 5.97 Å². The van der Waals surface area contributed by atoms with Crippen LogP contribution in [0.15, 0.2) is 10.9 Å². The Bertz CT molecular complexity index is 261. The van der Waals surface area contributed by atoms with Crippen LogP contribution in [-0.2, 0) is 16.1 Å². The van der Waals surface area contributed by atoms with Gasteiger partial charge in [-0.05, 0) is 7.05 Å². The first-order valence-corrected chi connectivity index (χ1v) is 4.79. The first kappa shape index (κ1) is 10.1. The number of likely N-dealkylation sites (N-methyl/N-ethyl adjacent to an activating group) is 1. The maximum Gasteiger partial charge on any atom is 0.319 e. The summed E-state index contributed by atoms with van der Waals surface area (Å²) in [5, 5.41) is 1.97. The van der Waals surface area contributed by atoms with Gasteiger partial charge in [-0.1, -0.05) is 0 Å². The summed E-state index contributed by atoms with van der Waals surface area (Å²) in [6.45, 7) is 0.979. The molecule has 1 aromatic rings. The molecule has 13 heavy (non-hydrogen) atoms. The molecule has 1 aromatic heterocycles. The van der Waals surface area contributed by atoms with Gasteiger partial charge in [-0.3, -0.25) is 9.69 Å². The van der Waals surface area contributed by atoms with Crippen LogP contribution >= 0.6 is 11.3 Å². The lowest BCUT2D eigenvalue weighted by Crippen LogP contribution is -2.26. The molecule has 72 valence electrons. The minimum Gasteiger partial charge on any atom is -0.468 e. The zero-order valence-corrected chi connectivity index (χ0v) is 8.50. The summed E-state index contributed by atoms with van der Waals surface area (Å²) in [5.41, 5.74) is 2.76. The topological polar surface area (TPSA) is 42.4 Å². The Kier molecular flexibility index (Phi) is 3.85. The molecule has 0 aliphatic heterocycles. The SMILES string of the molecule is COC(=O)CN(C)Cc1cscn1. The lowest BCUT2D eigenvalue weighted by molar-refractivity contribution is -0.141. The molecule has 4 nitrogen and oxygen atoms in total. The monoisotopic (exact) mass is 200 g/mol. The van der Waals surface area contributed by atoms with Crippen molar-refractivity contribution in [1.29, 1.82) is 0 Å². The molecule has 0 amide bonds. The molecule has 0 N–H and O–H groups in total. The molecule has 0 spiro atoms. The Hall–Kier alpha value is -0.940. The Morgan fingerprint density at radius 3 is 3.08 bits per heavy atom. The van der Waals surface area contributed by atoms with Crippen LogP contribution in [0, 0.1) is 0 Å². The number of aromatic nitrogens is 1. The third kappa shape index (κ3) is 3.52. The molecule has 0 unspecified atom stereocenters. The summed E-state index contributed by atoms with van der Waals surface area (Å²) in [5.74, 6) is -0.224. The second-order valence-electron chi connectivity index (χ2n) is 2.73. The van der Waals surface area contributed by atoms with E-state index >= 15 is 0 Å². The Balaban J connectivity index is 2.33. The predicted molar refractivity (Wildman–Crippen MR) is 50.5 cm³/mol. The molecule has 0 atom stereocenters. The highest BCUT2D eigenvalue weighted by Gasteiger charge is 2.07. The lowest BCUT2D eigenvalue weighted by Gasteiger charge is -2.12. The van der Waals surface area contributed by atoms with Gasteiger partial charge in [0.25, 0.3) is 0 Å². The highest BCUT2D eigenvalue weighted by Crippen LogP contribution is 2.03. The van der Waals surface area contributed by atoms with Gasteiger partial charge in [0, 0.05) is 11.9 Å². The number of methoxy groups -OCH3 is 1. The van der Waals surface area contributed by atoms with Crippen molar-refractivity contribution in [3.8, 4) is 0 Å².